The Morgan fingerprint density at radius 3 is 2.94 bits per heavy atom. The van der Waals surface area contributed by atoms with E-state index in [0.29, 0.717) is 55.3 Å². The predicted octanol–water partition coefficient (Wildman–Crippen LogP) is 3.74. The van der Waals surface area contributed by atoms with E-state index in [0.717, 1.165) is 36.2 Å². The molecular formula is C23H30ClN3O4. The number of ether oxygens (including phenoxy) is 2. The molecule has 0 saturated heterocycles. The highest BCUT2D eigenvalue weighted by molar-refractivity contribution is 6.31. The van der Waals surface area contributed by atoms with Crippen molar-refractivity contribution in [3.63, 3.8) is 0 Å². The van der Waals surface area contributed by atoms with Crippen molar-refractivity contribution in [1.29, 1.82) is 0 Å². The van der Waals surface area contributed by atoms with Crippen LogP contribution in [0, 0.1) is 6.92 Å². The van der Waals surface area contributed by atoms with E-state index in [1.54, 1.807) is 18.2 Å². The molecule has 0 saturated carbocycles. The molecule has 1 amide bonds. The van der Waals surface area contributed by atoms with E-state index < -0.39 is 0 Å². The molecule has 1 aliphatic heterocycles. The average molecular weight is 448 g/mol. The molecule has 0 bridgehead atoms. The fraction of sp³-hybridized carbons (Fsp3) is 0.522. The summed E-state index contributed by atoms with van der Waals surface area (Å²) < 4.78 is 13.0. The van der Waals surface area contributed by atoms with Crippen molar-refractivity contribution in [1.82, 2.24) is 15.1 Å². The highest BCUT2D eigenvalue weighted by Crippen LogP contribution is 2.19. The Kier molecular flexibility index (Phi) is 8.49. The summed E-state index contributed by atoms with van der Waals surface area (Å²) in [6.45, 7) is 6.59. The second-order valence-corrected chi connectivity index (χ2v) is 8.06. The Hall–Kier alpha value is -2.38. The van der Waals surface area contributed by atoms with Crippen LogP contribution < -0.4 is 5.32 Å². The van der Waals surface area contributed by atoms with Crippen LogP contribution in [-0.4, -0.2) is 48.0 Å². The molecule has 0 atom stereocenters. The van der Waals surface area contributed by atoms with Gasteiger partial charge in [0.05, 0.1) is 29.1 Å². The van der Waals surface area contributed by atoms with Crippen LogP contribution in [0.5, 0.6) is 0 Å². The minimum Gasteiger partial charge on any atom is -0.462 e. The summed E-state index contributed by atoms with van der Waals surface area (Å²) in [7, 11) is 0. The number of aryl methyl sites for hydroxylation is 3. The van der Waals surface area contributed by atoms with Gasteiger partial charge in [0.2, 0.25) is 0 Å². The van der Waals surface area contributed by atoms with Gasteiger partial charge in [-0.05, 0) is 50.3 Å². The Bertz CT molecular complexity index is 926. The molecule has 1 aromatic carbocycles. The molecule has 7 nitrogen and oxygen atoms in total. The van der Waals surface area contributed by atoms with Gasteiger partial charge in [-0.2, -0.15) is 5.10 Å². The van der Waals surface area contributed by atoms with Crippen LogP contribution in [-0.2, 0) is 28.9 Å². The lowest BCUT2D eigenvalue weighted by Gasteiger charge is -2.11. The van der Waals surface area contributed by atoms with Crippen LogP contribution in [0.2, 0.25) is 5.02 Å². The van der Waals surface area contributed by atoms with Gasteiger partial charge in [0, 0.05) is 37.7 Å². The van der Waals surface area contributed by atoms with Gasteiger partial charge in [-0.3, -0.25) is 9.48 Å². The van der Waals surface area contributed by atoms with Crippen molar-refractivity contribution in [3.05, 3.63) is 51.3 Å². The zero-order valence-electron chi connectivity index (χ0n) is 18.2. The summed E-state index contributed by atoms with van der Waals surface area (Å²) in [6, 6.07) is 5.17. The van der Waals surface area contributed by atoms with Crippen molar-refractivity contribution >= 4 is 23.5 Å². The average Bonchev–Trinajstić information content (AvgIpc) is 3.09. The van der Waals surface area contributed by atoms with Crippen molar-refractivity contribution in [2.75, 3.05) is 26.4 Å². The number of benzene rings is 1. The van der Waals surface area contributed by atoms with Gasteiger partial charge in [0.1, 0.15) is 0 Å². The van der Waals surface area contributed by atoms with Crippen molar-refractivity contribution < 1.29 is 19.1 Å². The van der Waals surface area contributed by atoms with E-state index >= 15 is 0 Å². The zero-order valence-corrected chi connectivity index (χ0v) is 19.0. The number of esters is 1. The topological polar surface area (TPSA) is 82.5 Å². The fourth-order valence-electron chi connectivity index (χ4n) is 3.68. The lowest BCUT2D eigenvalue weighted by Crippen LogP contribution is -2.26. The summed E-state index contributed by atoms with van der Waals surface area (Å²) in [5, 5.41) is 8.17. The number of carbonyl (C=O) groups is 2. The maximum atomic E-state index is 12.8. The van der Waals surface area contributed by atoms with Gasteiger partial charge in [0.15, 0.2) is 0 Å². The molecule has 0 radical (unpaired) electrons. The van der Waals surface area contributed by atoms with Gasteiger partial charge in [-0.15, -0.1) is 0 Å². The smallest absolute Gasteiger partial charge is 0.338 e. The number of rotatable bonds is 6. The summed E-state index contributed by atoms with van der Waals surface area (Å²) >= 11 is 5.99. The highest BCUT2D eigenvalue weighted by atomic mass is 35.5. The molecule has 31 heavy (non-hydrogen) atoms. The van der Waals surface area contributed by atoms with Crippen molar-refractivity contribution in [2.24, 2.45) is 0 Å². The van der Waals surface area contributed by atoms with Gasteiger partial charge >= 0.3 is 5.97 Å². The first-order chi connectivity index (χ1) is 15.0. The Morgan fingerprint density at radius 1 is 1.32 bits per heavy atom. The van der Waals surface area contributed by atoms with Gasteiger partial charge in [-0.25, -0.2) is 4.79 Å². The fourth-order valence-corrected chi connectivity index (χ4v) is 3.85. The molecule has 168 valence electrons. The van der Waals surface area contributed by atoms with E-state index in [2.05, 4.69) is 10.4 Å². The molecule has 8 heteroatoms. The number of fused-ring (bicyclic) bond motifs is 1. The molecule has 1 aliphatic rings. The molecule has 1 aromatic heterocycles. The molecule has 2 heterocycles. The highest BCUT2D eigenvalue weighted by Gasteiger charge is 2.23. The normalized spacial score (nSPS) is 15.0. The summed E-state index contributed by atoms with van der Waals surface area (Å²) in [5.74, 6) is -0.451. The van der Waals surface area contributed by atoms with Crippen LogP contribution in [0.15, 0.2) is 18.2 Å². The molecular weight excluding hydrogens is 418 g/mol. The van der Waals surface area contributed by atoms with E-state index in [4.69, 9.17) is 21.1 Å². The number of aromatic nitrogens is 2. The van der Waals surface area contributed by atoms with Crippen LogP contribution in [0.4, 0.5) is 0 Å². The van der Waals surface area contributed by atoms with Crippen molar-refractivity contribution in [2.45, 2.75) is 52.5 Å². The number of nitrogens with zero attached hydrogens (tertiary/aromatic N) is 2. The number of amides is 1. The molecule has 1 N–H and O–H groups in total. The number of nitrogens with one attached hydrogen (secondary N) is 1. The first-order valence-electron chi connectivity index (χ1n) is 10.9. The van der Waals surface area contributed by atoms with E-state index in [9.17, 15) is 9.59 Å². The summed E-state index contributed by atoms with van der Waals surface area (Å²) in [4.78, 5) is 25.2. The molecule has 2 aromatic rings. The first-order valence-corrected chi connectivity index (χ1v) is 11.3. The molecule has 0 aliphatic carbocycles. The maximum absolute atomic E-state index is 12.8. The maximum Gasteiger partial charge on any atom is 0.338 e. The van der Waals surface area contributed by atoms with Gasteiger partial charge < -0.3 is 14.8 Å². The minimum absolute atomic E-state index is 0.0668. The molecule has 0 fully saturated rings. The van der Waals surface area contributed by atoms with Crippen LogP contribution in [0.1, 0.15) is 63.9 Å². The Labute approximate surface area is 188 Å². The molecule has 3 rings (SSSR count). The second kappa shape index (κ2) is 11.3. The predicted molar refractivity (Wildman–Crippen MR) is 119 cm³/mol. The summed E-state index contributed by atoms with van der Waals surface area (Å²) in [5.41, 5.74) is 3.73. The quantitative estimate of drug-likeness (QED) is 0.538. The van der Waals surface area contributed by atoms with E-state index in [-0.39, 0.29) is 18.5 Å². The zero-order chi connectivity index (χ0) is 22.2. The largest absolute Gasteiger partial charge is 0.462 e. The number of halogens is 1. The Morgan fingerprint density at radius 2 is 2.13 bits per heavy atom. The standard InChI is InChI=1S/C23H30ClN3O4/c1-3-19-21-20(7-4-12-30-13-5-10-25-22(21)28)27(26-19)11-6-14-31-23(29)18-15-17(24)9-8-16(18)2/h8-9,15H,3-7,10-14H2,1-2H3,(H,25,28). The second-order valence-electron chi connectivity index (χ2n) is 7.62. The SMILES string of the molecule is CCc1nn(CCCOC(=O)c2cc(Cl)ccc2C)c2c1C(=O)NCCCOCCC2. The van der Waals surface area contributed by atoms with Crippen LogP contribution in [0.3, 0.4) is 0 Å². The monoisotopic (exact) mass is 447 g/mol. The van der Waals surface area contributed by atoms with Crippen LogP contribution >= 0.6 is 11.6 Å². The lowest BCUT2D eigenvalue weighted by atomic mass is 10.1. The van der Waals surface area contributed by atoms with Crippen LogP contribution in [0.25, 0.3) is 0 Å². The van der Waals surface area contributed by atoms with Gasteiger partial charge in [0.25, 0.3) is 5.91 Å². The number of hydrogen-bond donors (Lipinski definition) is 1. The van der Waals surface area contributed by atoms with E-state index in [1.807, 2.05) is 18.5 Å². The third kappa shape index (κ3) is 6.08. The number of hydrogen-bond acceptors (Lipinski definition) is 5. The third-order valence-corrected chi connectivity index (χ3v) is 5.55. The first kappa shape index (κ1) is 23.3. The lowest BCUT2D eigenvalue weighted by molar-refractivity contribution is 0.0493. The third-order valence-electron chi connectivity index (χ3n) is 5.31. The van der Waals surface area contributed by atoms with Crippen molar-refractivity contribution in [3.8, 4) is 0 Å². The minimum atomic E-state index is -0.384. The van der Waals surface area contributed by atoms with E-state index in [1.165, 1.54) is 0 Å². The summed E-state index contributed by atoms with van der Waals surface area (Å²) in [6.07, 6.45) is 3.63. The molecule has 0 unspecified atom stereocenters. The molecule has 0 spiro atoms. The van der Waals surface area contributed by atoms with Gasteiger partial charge in [-0.1, -0.05) is 24.6 Å². The number of carbonyl (C=O) groups excluding carboxylic acids is 2. The Balaban J connectivity index is 1.66.